The van der Waals surface area contributed by atoms with Crippen LogP contribution in [0.15, 0.2) is 54.6 Å². The molecule has 2 aromatic carbocycles. The van der Waals surface area contributed by atoms with Crippen molar-refractivity contribution in [2.24, 2.45) is 0 Å². The van der Waals surface area contributed by atoms with E-state index in [0.29, 0.717) is 6.61 Å². The highest BCUT2D eigenvalue weighted by Gasteiger charge is 2.01. The molecule has 0 aliphatic rings. The predicted octanol–water partition coefficient (Wildman–Crippen LogP) is 3.63. The number of carbonyl (C=O) groups is 1. The first-order valence-corrected chi connectivity index (χ1v) is 7.95. The van der Waals surface area contributed by atoms with Gasteiger partial charge in [-0.15, -0.1) is 0 Å². The summed E-state index contributed by atoms with van der Waals surface area (Å²) in [6.07, 6.45) is 0.0488. The molecule has 0 spiro atoms. The second-order valence-electron chi connectivity index (χ2n) is 4.60. The summed E-state index contributed by atoms with van der Waals surface area (Å²) in [5.74, 6) is 1.87. The maximum atomic E-state index is 10.6. The lowest BCUT2D eigenvalue weighted by Gasteiger charge is -2.07. The zero-order valence-electron chi connectivity index (χ0n) is 11.7. The van der Waals surface area contributed by atoms with Gasteiger partial charge in [-0.1, -0.05) is 42.5 Å². The van der Waals surface area contributed by atoms with Gasteiger partial charge in [-0.3, -0.25) is 4.79 Å². The van der Waals surface area contributed by atoms with Gasteiger partial charge in [0.25, 0.3) is 0 Å². The van der Waals surface area contributed by atoms with Crippen molar-refractivity contribution < 1.29 is 14.6 Å². The summed E-state index contributed by atoms with van der Waals surface area (Å²) >= 11 is 1.83. The maximum absolute atomic E-state index is 10.6. The van der Waals surface area contributed by atoms with Crippen molar-refractivity contribution in [3.8, 4) is 5.75 Å². The van der Waals surface area contributed by atoms with Crippen molar-refractivity contribution in [1.82, 2.24) is 0 Å². The highest BCUT2D eigenvalue weighted by Crippen LogP contribution is 2.15. The zero-order valence-corrected chi connectivity index (χ0v) is 12.5. The third-order valence-corrected chi connectivity index (χ3v) is 3.88. The molecular weight excluding hydrogens is 284 g/mol. The lowest BCUT2D eigenvalue weighted by atomic mass is 10.1. The van der Waals surface area contributed by atoms with E-state index in [4.69, 9.17) is 9.84 Å². The van der Waals surface area contributed by atoms with Crippen molar-refractivity contribution in [2.45, 2.75) is 12.2 Å². The minimum Gasteiger partial charge on any atom is -0.493 e. The Morgan fingerprint density at radius 3 is 2.38 bits per heavy atom. The molecule has 3 nitrogen and oxygen atoms in total. The third-order valence-electron chi connectivity index (χ3n) is 2.89. The molecular formula is C17H18O3S. The molecule has 4 heteroatoms. The number of hydrogen-bond acceptors (Lipinski definition) is 3. The van der Waals surface area contributed by atoms with Crippen LogP contribution in [0.3, 0.4) is 0 Å². The highest BCUT2D eigenvalue weighted by molar-refractivity contribution is 7.98. The molecule has 0 fully saturated rings. The van der Waals surface area contributed by atoms with E-state index >= 15 is 0 Å². The van der Waals surface area contributed by atoms with Gasteiger partial charge >= 0.3 is 5.97 Å². The lowest BCUT2D eigenvalue weighted by Crippen LogP contribution is -2.02. The lowest BCUT2D eigenvalue weighted by molar-refractivity contribution is -0.136. The van der Waals surface area contributed by atoms with Gasteiger partial charge in [-0.05, 0) is 23.3 Å². The summed E-state index contributed by atoms with van der Waals surface area (Å²) in [6.45, 7) is 0.649. The van der Waals surface area contributed by atoms with Crippen molar-refractivity contribution >= 4 is 17.7 Å². The summed E-state index contributed by atoms with van der Waals surface area (Å²) < 4.78 is 5.64. The molecule has 0 radical (unpaired) electrons. The van der Waals surface area contributed by atoms with E-state index in [1.165, 1.54) is 5.56 Å². The molecule has 0 bridgehead atoms. The number of thioether (sulfide) groups is 1. The van der Waals surface area contributed by atoms with Crippen LogP contribution in [0.25, 0.3) is 0 Å². The Balaban J connectivity index is 1.65. The smallest absolute Gasteiger partial charge is 0.307 e. The number of hydrogen-bond donors (Lipinski definition) is 1. The summed E-state index contributed by atoms with van der Waals surface area (Å²) in [7, 11) is 0. The van der Waals surface area contributed by atoms with Gasteiger partial charge in [-0.2, -0.15) is 11.8 Å². The molecule has 0 unspecified atom stereocenters. The second kappa shape index (κ2) is 8.37. The van der Waals surface area contributed by atoms with Gasteiger partial charge in [0.05, 0.1) is 13.0 Å². The van der Waals surface area contributed by atoms with Crippen LogP contribution in [0.5, 0.6) is 5.75 Å². The van der Waals surface area contributed by atoms with Gasteiger partial charge in [0, 0.05) is 11.5 Å². The Morgan fingerprint density at radius 1 is 1.00 bits per heavy atom. The Labute approximate surface area is 129 Å². The van der Waals surface area contributed by atoms with Gasteiger partial charge in [0.1, 0.15) is 5.75 Å². The summed E-state index contributed by atoms with van der Waals surface area (Å²) in [4.78, 5) is 10.6. The van der Waals surface area contributed by atoms with E-state index < -0.39 is 5.97 Å². The molecule has 0 atom stereocenters. The monoisotopic (exact) mass is 302 g/mol. The molecule has 0 amide bonds. The van der Waals surface area contributed by atoms with E-state index in [1.807, 2.05) is 42.1 Å². The van der Waals surface area contributed by atoms with Gasteiger partial charge in [-0.25, -0.2) is 0 Å². The molecule has 2 aromatic rings. The van der Waals surface area contributed by atoms with Crippen LogP contribution in [0.1, 0.15) is 11.1 Å². The Bertz CT molecular complexity index is 552. The number of carboxylic acids is 1. The largest absolute Gasteiger partial charge is 0.493 e. The fraction of sp³-hybridized carbons (Fsp3) is 0.235. The first-order chi connectivity index (χ1) is 10.2. The first kappa shape index (κ1) is 15.4. The van der Waals surface area contributed by atoms with Gasteiger partial charge < -0.3 is 9.84 Å². The molecule has 0 aliphatic carbocycles. The minimum atomic E-state index is -0.819. The summed E-state index contributed by atoms with van der Waals surface area (Å²) in [6, 6.07) is 17.6. The molecule has 1 N–H and O–H groups in total. The molecule has 0 aliphatic heterocycles. The molecule has 0 aromatic heterocycles. The molecule has 2 rings (SSSR count). The van der Waals surface area contributed by atoms with E-state index in [0.717, 1.165) is 22.8 Å². The maximum Gasteiger partial charge on any atom is 0.307 e. The molecule has 21 heavy (non-hydrogen) atoms. The number of rotatable bonds is 8. The number of aliphatic carboxylic acids is 1. The third kappa shape index (κ3) is 5.92. The summed E-state index contributed by atoms with van der Waals surface area (Å²) in [5, 5.41) is 8.70. The van der Waals surface area contributed by atoms with Crippen molar-refractivity contribution in [1.29, 1.82) is 0 Å². The Morgan fingerprint density at radius 2 is 1.71 bits per heavy atom. The van der Waals surface area contributed by atoms with Crippen LogP contribution >= 0.6 is 11.8 Å². The van der Waals surface area contributed by atoms with Crippen LogP contribution in [-0.2, 0) is 17.0 Å². The molecule has 110 valence electrons. The SMILES string of the molecule is O=C(O)Cc1ccc(OCCSCc2ccccc2)cc1. The van der Waals surface area contributed by atoms with Crippen molar-refractivity contribution in [3.63, 3.8) is 0 Å². The number of ether oxygens (including phenoxy) is 1. The zero-order chi connectivity index (χ0) is 14.9. The second-order valence-corrected chi connectivity index (χ2v) is 5.71. The normalized spacial score (nSPS) is 10.3. The van der Waals surface area contributed by atoms with Crippen molar-refractivity contribution in [3.05, 3.63) is 65.7 Å². The fourth-order valence-electron chi connectivity index (χ4n) is 1.86. The van der Waals surface area contributed by atoms with Crippen LogP contribution in [0.2, 0.25) is 0 Å². The van der Waals surface area contributed by atoms with Gasteiger partial charge in [0.15, 0.2) is 0 Å². The van der Waals surface area contributed by atoms with Gasteiger partial charge in [0.2, 0.25) is 0 Å². The number of benzene rings is 2. The molecule has 0 heterocycles. The van der Waals surface area contributed by atoms with Crippen LogP contribution in [-0.4, -0.2) is 23.4 Å². The quantitative estimate of drug-likeness (QED) is 0.756. The number of carboxylic acid groups (broad SMARTS) is 1. The van der Waals surface area contributed by atoms with E-state index in [9.17, 15) is 4.79 Å². The average Bonchev–Trinajstić information content (AvgIpc) is 2.49. The summed E-state index contributed by atoms with van der Waals surface area (Å²) in [5.41, 5.74) is 2.11. The predicted molar refractivity (Wildman–Crippen MR) is 85.9 cm³/mol. The molecule has 0 saturated carbocycles. The minimum absolute atomic E-state index is 0.0488. The molecule has 0 saturated heterocycles. The average molecular weight is 302 g/mol. The van der Waals surface area contributed by atoms with E-state index in [2.05, 4.69) is 12.1 Å². The highest BCUT2D eigenvalue weighted by atomic mass is 32.2. The topological polar surface area (TPSA) is 46.5 Å². The Hall–Kier alpha value is -1.94. The van der Waals surface area contributed by atoms with Crippen LogP contribution in [0, 0.1) is 0 Å². The van der Waals surface area contributed by atoms with Crippen molar-refractivity contribution in [2.75, 3.05) is 12.4 Å². The van der Waals surface area contributed by atoms with E-state index in [1.54, 1.807) is 12.1 Å². The fourth-order valence-corrected chi connectivity index (χ4v) is 2.63. The first-order valence-electron chi connectivity index (χ1n) is 6.79. The van der Waals surface area contributed by atoms with E-state index in [-0.39, 0.29) is 6.42 Å². The standard InChI is InChI=1S/C17H18O3S/c18-17(19)12-14-6-8-16(9-7-14)20-10-11-21-13-15-4-2-1-3-5-15/h1-9H,10-13H2,(H,18,19). The van der Waals surface area contributed by atoms with Crippen LogP contribution in [0.4, 0.5) is 0 Å². The Kier molecular flexibility index (Phi) is 6.16. The van der Waals surface area contributed by atoms with Crippen LogP contribution < -0.4 is 4.74 Å².